The summed E-state index contributed by atoms with van der Waals surface area (Å²) in [5, 5.41) is 27.1. The lowest BCUT2D eigenvalue weighted by atomic mass is 10.1. The smallest absolute Gasteiger partial charge is 0.272 e. The molecule has 272 valence electrons. The van der Waals surface area contributed by atoms with E-state index in [9.17, 15) is 9.90 Å². The van der Waals surface area contributed by atoms with Crippen molar-refractivity contribution in [2.45, 2.75) is 124 Å². The van der Waals surface area contributed by atoms with E-state index in [2.05, 4.69) is 53.3 Å². The minimum Gasteiger partial charge on any atom is -0.496 e. The molecule has 0 aliphatic rings. The average Bonchev–Trinajstić information content (AvgIpc) is 3.70. The van der Waals surface area contributed by atoms with Crippen LogP contribution < -0.4 is 20.2 Å². The Labute approximate surface area is 298 Å². The number of methoxy groups -OCH3 is 1. The van der Waals surface area contributed by atoms with E-state index in [1.807, 2.05) is 19.1 Å². The topological polar surface area (TPSA) is 118 Å². The normalized spacial score (nSPS) is 11.8. The van der Waals surface area contributed by atoms with Crippen molar-refractivity contribution in [2.24, 2.45) is 0 Å². The molecule has 0 bridgehead atoms. The molecule has 0 unspecified atom stereocenters. The fourth-order valence-corrected chi connectivity index (χ4v) is 6.31. The van der Waals surface area contributed by atoms with Gasteiger partial charge < -0.3 is 20.1 Å². The second-order valence-corrected chi connectivity index (χ2v) is 13.3. The highest BCUT2D eigenvalue weighted by Gasteiger charge is 2.22. The second kappa shape index (κ2) is 20.6. The number of amides is 1. The number of nitrogens with zero attached hydrogens (tertiary/aromatic N) is 6. The van der Waals surface area contributed by atoms with Crippen LogP contribution in [0.1, 0.15) is 138 Å². The molecule has 0 spiro atoms. The first-order chi connectivity index (χ1) is 24.4. The molecule has 3 heterocycles. The highest BCUT2D eigenvalue weighted by atomic mass is 16.5. The minimum absolute atomic E-state index is 0.130. The summed E-state index contributed by atoms with van der Waals surface area (Å²) >= 11 is 0. The number of benzene rings is 1. The van der Waals surface area contributed by atoms with Crippen LogP contribution in [0.5, 0.6) is 5.75 Å². The van der Waals surface area contributed by atoms with Crippen molar-refractivity contribution in [3.05, 3.63) is 58.1 Å². The van der Waals surface area contributed by atoms with Crippen LogP contribution in [-0.4, -0.2) is 62.6 Å². The Balaban J connectivity index is 1.68. The monoisotopic (exact) mass is 685 g/mol. The van der Waals surface area contributed by atoms with Crippen LogP contribution in [0.15, 0.2) is 30.3 Å². The van der Waals surface area contributed by atoms with E-state index in [-0.39, 0.29) is 18.2 Å². The number of rotatable bonds is 23. The Bertz CT molecular complexity index is 1670. The number of aryl methyl sites for hydroxylation is 1. The summed E-state index contributed by atoms with van der Waals surface area (Å²) in [6, 6.07) is 9.60. The molecular weight excluding hydrogens is 626 g/mol. The number of anilines is 1. The number of ether oxygens (including phenoxy) is 1. The van der Waals surface area contributed by atoms with Crippen molar-refractivity contribution >= 4 is 23.4 Å². The summed E-state index contributed by atoms with van der Waals surface area (Å²) in [6.07, 6.45) is 19.0. The summed E-state index contributed by atoms with van der Waals surface area (Å²) in [5.41, 5.74) is 3.86. The fourth-order valence-electron chi connectivity index (χ4n) is 6.31. The number of fused-ring (bicyclic) bond motifs is 1. The first-order valence-corrected chi connectivity index (χ1v) is 19.0. The van der Waals surface area contributed by atoms with Crippen molar-refractivity contribution in [1.82, 2.24) is 30.1 Å². The summed E-state index contributed by atoms with van der Waals surface area (Å²) in [6.45, 7) is 11.1. The molecule has 10 heteroatoms. The van der Waals surface area contributed by atoms with Crippen LogP contribution in [0, 0.1) is 6.92 Å². The molecule has 50 heavy (non-hydrogen) atoms. The number of aromatic nitrogens is 5. The Morgan fingerprint density at radius 3 is 2.16 bits per heavy atom. The molecule has 4 rings (SSSR count). The maximum atomic E-state index is 13.5. The van der Waals surface area contributed by atoms with Gasteiger partial charge in [-0.3, -0.25) is 4.79 Å². The third kappa shape index (κ3) is 10.5. The Morgan fingerprint density at radius 1 is 0.880 bits per heavy atom. The lowest BCUT2D eigenvalue weighted by Gasteiger charge is -2.24. The predicted molar refractivity (Wildman–Crippen MR) is 203 cm³/mol. The summed E-state index contributed by atoms with van der Waals surface area (Å²) in [5.74, 6) is 1.75. The van der Waals surface area contributed by atoms with Gasteiger partial charge in [0, 0.05) is 25.3 Å². The van der Waals surface area contributed by atoms with Crippen LogP contribution in [0.4, 0.5) is 5.82 Å². The van der Waals surface area contributed by atoms with Crippen molar-refractivity contribution in [3.63, 3.8) is 0 Å². The van der Waals surface area contributed by atoms with Gasteiger partial charge in [0.1, 0.15) is 11.6 Å². The standard InChI is InChI=1S/C40H59N7O3/c1-6-9-12-14-16-18-25-46(26-19-17-15-13-10-7-2)36-23-21-32(30(4)42-36)28-34-37(40(49)41-24-11-8-3)45-47-38(43-44-39(34)47)33-27-31(29-48)20-22-35(33)50-5/h20-23,27-28,48H,6-19,24-26,29H2,1-5H3,(H,41,49). The number of unbranched alkanes of at least 4 members (excludes halogenated alkanes) is 11. The van der Waals surface area contributed by atoms with Crippen molar-refractivity contribution < 1.29 is 14.6 Å². The van der Waals surface area contributed by atoms with E-state index in [4.69, 9.17) is 14.8 Å². The van der Waals surface area contributed by atoms with E-state index in [1.54, 1.807) is 23.8 Å². The molecule has 0 atom stereocenters. The maximum absolute atomic E-state index is 13.5. The van der Waals surface area contributed by atoms with Gasteiger partial charge in [-0.05, 0) is 67.7 Å². The lowest BCUT2D eigenvalue weighted by Crippen LogP contribution is -2.29. The van der Waals surface area contributed by atoms with E-state index in [1.165, 1.54) is 77.0 Å². The fraction of sp³-hybridized carbons (Fsp3) is 0.575. The number of aliphatic hydroxyl groups excluding tert-OH is 1. The molecule has 0 aliphatic carbocycles. The van der Waals surface area contributed by atoms with Gasteiger partial charge in [0.15, 0.2) is 17.2 Å². The molecule has 3 aromatic heterocycles. The number of carbonyl (C=O) groups excluding carboxylic acids is 1. The molecule has 0 fully saturated rings. The number of pyridine rings is 1. The van der Waals surface area contributed by atoms with E-state index < -0.39 is 0 Å². The Morgan fingerprint density at radius 2 is 1.54 bits per heavy atom. The van der Waals surface area contributed by atoms with Crippen LogP contribution in [-0.2, 0) is 6.61 Å². The van der Waals surface area contributed by atoms with Gasteiger partial charge in [0.05, 0.1) is 24.5 Å². The molecular formula is C40H59N7O3. The number of hydrogen-bond donors (Lipinski definition) is 2. The molecule has 1 aromatic carbocycles. The highest BCUT2D eigenvalue weighted by Crippen LogP contribution is 2.30. The molecule has 4 aromatic rings. The number of aliphatic hydroxyl groups is 1. The van der Waals surface area contributed by atoms with Crippen LogP contribution in [0.3, 0.4) is 0 Å². The van der Waals surface area contributed by atoms with Crippen molar-refractivity contribution in [1.29, 1.82) is 0 Å². The SMILES string of the molecule is CCCCCCCCN(CCCCCCCC)c1ccc(C=c2c(C(=O)NCCCC)nn3c(-c4cc(CO)ccc4OC)nnc23)c(C)n1. The van der Waals surface area contributed by atoms with Crippen molar-refractivity contribution in [3.8, 4) is 17.1 Å². The largest absolute Gasteiger partial charge is 0.496 e. The lowest BCUT2D eigenvalue weighted by molar-refractivity contribution is 0.0947. The third-order valence-electron chi connectivity index (χ3n) is 9.35. The average molecular weight is 686 g/mol. The van der Waals surface area contributed by atoms with E-state index >= 15 is 0 Å². The highest BCUT2D eigenvalue weighted by molar-refractivity contribution is 5.94. The molecule has 0 aliphatic heterocycles. The third-order valence-corrected chi connectivity index (χ3v) is 9.35. The zero-order chi connectivity index (χ0) is 35.7. The van der Waals surface area contributed by atoms with E-state index in [0.717, 1.165) is 43.0 Å². The van der Waals surface area contributed by atoms with Gasteiger partial charge in [0.25, 0.3) is 5.91 Å². The van der Waals surface area contributed by atoms with Gasteiger partial charge >= 0.3 is 0 Å². The molecule has 0 radical (unpaired) electrons. The summed E-state index contributed by atoms with van der Waals surface area (Å²) in [4.78, 5) is 21.1. The molecule has 0 saturated carbocycles. The quantitative estimate of drug-likeness (QED) is 0.0767. The van der Waals surface area contributed by atoms with Gasteiger partial charge in [-0.15, -0.1) is 10.2 Å². The van der Waals surface area contributed by atoms with Gasteiger partial charge in [-0.2, -0.15) is 9.61 Å². The zero-order valence-electron chi connectivity index (χ0n) is 31.1. The molecule has 10 nitrogen and oxygen atoms in total. The first kappa shape index (κ1) is 38.7. The van der Waals surface area contributed by atoms with Gasteiger partial charge in [-0.1, -0.05) is 97.5 Å². The molecule has 0 saturated heterocycles. The number of nitrogens with one attached hydrogen (secondary N) is 1. The number of hydrogen-bond acceptors (Lipinski definition) is 8. The molecule has 1 amide bonds. The Hall–Kier alpha value is -4.05. The van der Waals surface area contributed by atoms with Gasteiger partial charge in [-0.25, -0.2) is 4.98 Å². The van der Waals surface area contributed by atoms with Gasteiger partial charge in [0.2, 0.25) is 0 Å². The maximum Gasteiger partial charge on any atom is 0.272 e. The summed E-state index contributed by atoms with van der Waals surface area (Å²) in [7, 11) is 1.59. The van der Waals surface area contributed by atoms with Crippen LogP contribution in [0.2, 0.25) is 0 Å². The minimum atomic E-state index is -0.261. The van der Waals surface area contributed by atoms with Crippen molar-refractivity contribution in [2.75, 3.05) is 31.6 Å². The van der Waals surface area contributed by atoms with E-state index in [0.29, 0.717) is 40.1 Å². The second-order valence-electron chi connectivity index (χ2n) is 13.3. The molecule has 2 N–H and O–H groups in total. The summed E-state index contributed by atoms with van der Waals surface area (Å²) < 4.78 is 7.21. The predicted octanol–water partition coefficient (Wildman–Crippen LogP) is 7.60. The zero-order valence-corrected chi connectivity index (χ0v) is 31.1. The Kier molecular flexibility index (Phi) is 15.9. The van der Waals surface area contributed by atoms with Crippen LogP contribution >= 0.6 is 0 Å². The number of carbonyl (C=O) groups is 1. The first-order valence-electron chi connectivity index (χ1n) is 19.0. The van der Waals surface area contributed by atoms with Crippen LogP contribution in [0.25, 0.3) is 23.1 Å².